The van der Waals surface area contributed by atoms with Crippen molar-refractivity contribution in [2.24, 2.45) is 16.2 Å². The highest BCUT2D eigenvalue weighted by atomic mass is 28.4. The van der Waals surface area contributed by atoms with Crippen molar-refractivity contribution < 1.29 is 23.8 Å². The Morgan fingerprint density at radius 2 is 1.37 bits per heavy atom. The summed E-state index contributed by atoms with van der Waals surface area (Å²) < 4.78 is 18.5. The number of rotatable bonds is 16. The molecule has 0 amide bonds. The number of aliphatic hydroxyl groups is 1. The molecule has 0 aliphatic carbocycles. The molecule has 228 valence electrons. The third-order valence-corrected chi connectivity index (χ3v) is 19.6. The van der Waals surface area contributed by atoms with Crippen molar-refractivity contribution in [2.75, 3.05) is 13.2 Å². The molecule has 3 atom stereocenters. The molecule has 0 aromatic rings. The summed E-state index contributed by atoms with van der Waals surface area (Å²) in [7, 11) is -3.60. The van der Waals surface area contributed by atoms with Gasteiger partial charge in [0.1, 0.15) is 0 Å². The van der Waals surface area contributed by atoms with Gasteiger partial charge in [-0.2, -0.15) is 0 Å². The smallest absolute Gasteiger partial charge is 0.314 e. The standard InChI is InChI=1S/C31H66O5Si2/c1-17-29(9,10)38(15,16)36-31(12,18-2)37(13,14)23-19-21-34-22-20-25(32)35-26(33)30(11,28(6,7)8)24-27(3,4)5/h25,32H,17-24H2,1-16H3. The van der Waals surface area contributed by atoms with Crippen LogP contribution in [-0.2, 0) is 18.7 Å². The average molecular weight is 575 g/mol. The maximum atomic E-state index is 13.1. The first-order chi connectivity index (χ1) is 16.8. The van der Waals surface area contributed by atoms with Crippen LogP contribution in [0.15, 0.2) is 0 Å². The van der Waals surface area contributed by atoms with E-state index in [1.165, 1.54) is 0 Å². The van der Waals surface area contributed by atoms with Crippen LogP contribution < -0.4 is 0 Å². The third kappa shape index (κ3) is 10.3. The number of carbonyl (C=O) groups is 1. The highest BCUT2D eigenvalue weighted by molar-refractivity contribution is 6.82. The molecule has 3 unspecified atom stereocenters. The molecule has 0 saturated heterocycles. The first kappa shape index (κ1) is 37.8. The van der Waals surface area contributed by atoms with E-state index in [0.717, 1.165) is 25.3 Å². The molecule has 0 aromatic heterocycles. The summed E-state index contributed by atoms with van der Waals surface area (Å²) in [6.07, 6.45) is 2.95. The fourth-order valence-electron chi connectivity index (χ4n) is 5.00. The normalized spacial score (nSPS) is 18.0. The zero-order valence-corrected chi connectivity index (χ0v) is 30.3. The molecule has 0 rings (SSSR count). The van der Waals surface area contributed by atoms with Crippen molar-refractivity contribution in [3.05, 3.63) is 0 Å². The Labute approximate surface area is 239 Å². The summed E-state index contributed by atoms with van der Waals surface area (Å²) in [5, 5.41) is 10.6. The van der Waals surface area contributed by atoms with E-state index in [0.29, 0.717) is 19.6 Å². The van der Waals surface area contributed by atoms with Gasteiger partial charge in [0.25, 0.3) is 0 Å². The van der Waals surface area contributed by atoms with E-state index in [-0.39, 0.29) is 33.5 Å². The molecule has 0 aliphatic rings. The lowest BCUT2D eigenvalue weighted by molar-refractivity contribution is -0.190. The quantitative estimate of drug-likeness (QED) is 0.0862. The van der Waals surface area contributed by atoms with Gasteiger partial charge in [0.15, 0.2) is 8.32 Å². The van der Waals surface area contributed by atoms with E-state index in [4.69, 9.17) is 13.9 Å². The number of carbonyl (C=O) groups excluding carboxylic acids is 1. The van der Waals surface area contributed by atoms with E-state index >= 15 is 0 Å². The van der Waals surface area contributed by atoms with Gasteiger partial charge < -0.3 is 19.0 Å². The average Bonchev–Trinajstić information content (AvgIpc) is 2.73. The predicted molar refractivity (Wildman–Crippen MR) is 168 cm³/mol. The van der Waals surface area contributed by atoms with Crippen LogP contribution in [0.1, 0.15) is 115 Å². The highest BCUT2D eigenvalue weighted by Gasteiger charge is 2.50. The molecule has 0 aromatic carbocycles. The number of hydrogen-bond donors (Lipinski definition) is 1. The lowest BCUT2D eigenvalue weighted by Crippen LogP contribution is -2.60. The number of aliphatic hydroxyl groups excluding tert-OH is 1. The summed E-state index contributed by atoms with van der Waals surface area (Å²) in [5.74, 6) is -0.336. The summed E-state index contributed by atoms with van der Waals surface area (Å²) in [6, 6.07) is 1.13. The van der Waals surface area contributed by atoms with Crippen LogP contribution >= 0.6 is 0 Å². The molecule has 0 saturated carbocycles. The Morgan fingerprint density at radius 3 is 1.79 bits per heavy atom. The van der Waals surface area contributed by atoms with Crippen molar-refractivity contribution >= 4 is 22.4 Å². The molecule has 5 nitrogen and oxygen atoms in total. The molecule has 0 bridgehead atoms. The minimum atomic E-state index is -1.89. The minimum Gasteiger partial charge on any atom is -0.435 e. The number of ether oxygens (including phenoxy) is 2. The zero-order chi connectivity index (χ0) is 30.4. The van der Waals surface area contributed by atoms with Gasteiger partial charge in [0.05, 0.1) is 20.1 Å². The summed E-state index contributed by atoms with van der Waals surface area (Å²) in [4.78, 5) is 13.1. The van der Waals surface area contributed by atoms with E-state index in [1.807, 2.05) is 6.92 Å². The van der Waals surface area contributed by atoms with Gasteiger partial charge >= 0.3 is 5.97 Å². The van der Waals surface area contributed by atoms with Crippen molar-refractivity contribution in [2.45, 2.75) is 164 Å². The van der Waals surface area contributed by atoms with Gasteiger partial charge in [-0.15, -0.1) is 0 Å². The molecule has 0 radical (unpaired) electrons. The van der Waals surface area contributed by atoms with Gasteiger partial charge in [0.2, 0.25) is 6.29 Å². The largest absolute Gasteiger partial charge is 0.435 e. The lowest BCUT2D eigenvalue weighted by atomic mass is 9.61. The van der Waals surface area contributed by atoms with Crippen LogP contribution in [-0.4, -0.2) is 52.2 Å². The van der Waals surface area contributed by atoms with Gasteiger partial charge in [-0.3, -0.25) is 4.79 Å². The summed E-state index contributed by atoms with van der Waals surface area (Å²) in [6.45, 7) is 36.8. The second-order valence-electron chi connectivity index (χ2n) is 16.0. The van der Waals surface area contributed by atoms with Crippen LogP contribution in [0, 0.1) is 16.2 Å². The summed E-state index contributed by atoms with van der Waals surface area (Å²) in [5.41, 5.74) is -1.01. The summed E-state index contributed by atoms with van der Waals surface area (Å²) >= 11 is 0. The van der Waals surface area contributed by atoms with Gasteiger partial charge in [-0.05, 0) is 62.1 Å². The van der Waals surface area contributed by atoms with Crippen LogP contribution in [0.5, 0.6) is 0 Å². The van der Waals surface area contributed by atoms with Crippen molar-refractivity contribution in [3.63, 3.8) is 0 Å². The zero-order valence-electron chi connectivity index (χ0n) is 28.3. The molecular weight excluding hydrogens is 509 g/mol. The van der Waals surface area contributed by atoms with Crippen LogP contribution in [0.2, 0.25) is 37.3 Å². The SMILES string of the molecule is CCC(C)(O[Si](C)(C)C(C)(C)CC)[Si](C)(C)CCCOCCC(O)OC(=O)C(C)(CC(C)(C)C)C(C)(C)C. The maximum absolute atomic E-state index is 13.1. The molecular formula is C31H66O5Si2. The highest BCUT2D eigenvalue weighted by Crippen LogP contribution is 2.48. The van der Waals surface area contributed by atoms with Gasteiger partial charge in [-0.25, -0.2) is 0 Å². The molecule has 7 heteroatoms. The Bertz CT molecular complexity index is 736. The molecule has 0 spiro atoms. The number of hydrogen-bond acceptors (Lipinski definition) is 5. The van der Waals surface area contributed by atoms with Crippen LogP contribution in [0.4, 0.5) is 0 Å². The molecule has 0 heterocycles. The fraction of sp³-hybridized carbons (Fsp3) is 0.968. The van der Waals surface area contributed by atoms with E-state index in [2.05, 4.69) is 102 Å². The Hall–Kier alpha value is -0.216. The fourth-order valence-corrected chi connectivity index (χ4v) is 11.8. The van der Waals surface area contributed by atoms with Crippen molar-refractivity contribution in [3.8, 4) is 0 Å². The van der Waals surface area contributed by atoms with Crippen LogP contribution in [0.25, 0.3) is 0 Å². The molecule has 38 heavy (non-hydrogen) atoms. The Morgan fingerprint density at radius 1 is 0.842 bits per heavy atom. The second-order valence-corrected chi connectivity index (χ2v) is 25.9. The molecule has 0 aliphatic heterocycles. The number of esters is 1. The van der Waals surface area contributed by atoms with Crippen molar-refractivity contribution in [1.82, 2.24) is 0 Å². The Balaban J connectivity index is 4.86. The topological polar surface area (TPSA) is 65.0 Å². The second kappa shape index (κ2) is 13.6. The monoisotopic (exact) mass is 574 g/mol. The molecule has 1 N–H and O–H groups in total. The first-order valence-corrected chi connectivity index (χ1v) is 21.1. The predicted octanol–water partition coefficient (Wildman–Crippen LogP) is 8.96. The lowest BCUT2D eigenvalue weighted by Gasteiger charge is -2.51. The minimum absolute atomic E-state index is 0.0325. The van der Waals surface area contributed by atoms with E-state index < -0.39 is 28.1 Å². The van der Waals surface area contributed by atoms with Gasteiger partial charge in [-0.1, -0.05) is 94.8 Å². The van der Waals surface area contributed by atoms with E-state index in [9.17, 15) is 9.90 Å². The first-order valence-electron chi connectivity index (χ1n) is 15.0. The maximum Gasteiger partial charge on any atom is 0.314 e. The third-order valence-electron chi connectivity index (χ3n) is 9.93. The van der Waals surface area contributed by atoms with Crippen molar-refractivity contribution in [1.29, 1.82) is 0 Å². The van der Waals surface area contributed by atoms with E-state index in [1.54, 1.807) is 0 Å². The Kier molecular flexibility index (Phi) is 13.6. The molecule has 0 fully saturated rings. The van der Waals surface area contributed by atoms with Gasteiger partial charge in [0, 0.05) is 18.3 Å². The van der Waals surface area contributed by atoms with Crippen LogP contribution in [0.3, 0.4) is 0 Å².